The average Bonchev–Trinajstić information content (AvgIpc) is 2.90. The van der Waals surface area contributed by atoms with Crippen molar-refractivity contribution >= 4 is 16.5 Å². The van der Waals surface area contributed by atoms with E-state index in [0.717, 1.165) is 15.7 Å². The van der Waals surface area contributed by atoms with Crippen LogP contribution in [-0.4, -0.2) is 26.2 Å². The maximum atomic E-state index is 13.6. The van der Waals surface area contributed by atoms with Crippen LogP contribution in [0.5, 0.6) is 5.75 Å². The number of thiazole rings is 1. The second kappa shape index (κ2) is 6.19. The molecule has 0 aliphatic heterocycles. The molecular weight excluding hydrogens is 277 g/mol. The van der Waals surface area contributed by atoms with Crippen LogP contribution < -0.4 is 15.4 Å². The number of aromatic nitrogens is 1. The lowest BCUT2D eigenvalue weighted by Crippen LogP contribution is -2.11. The van der Waals surface area contributed by atoms with Crippen molar-refractivity contribution in [3.05, 3.63) is 28.9 Å². The zero-order valence-electron chi connectivity index (χ0n) is 12.0. The van der Waals surface area contributed by atoms with Gasteiger partial charge in [0.1, 0.15) is 11.6 Å². The van der Waals surface area contributed by atoms with E-state index < -0.39 is 0 Å². The Hall–Kier alpha value is -1.66. The van der Waals surface area contributed by atoms with Crippen LogP contribution in [-0.2, 0) is 0 Å². The number of hydrogen-bond donors (Lipinski definition) is 2. The Morgan fingerprint density at radius 2 is 2.10 bits per heavy atom. The van der Waals surface area contributed by atoms with Gasteiger partial charge in [0.05, 0.1) is 17.7 Å². The van der Waals surface area contributed by atoms with Crippen LogP contribution in [0.1, 0.15) is 17.8 Å². The van der Waals surface area contributed by atoms with Crippen molar-refractivity contribution in [3.63, 3.8) is 0 Å². The van der Waals surface area contributed by atoms with E-state index >= 15 is 0 Å². The number of anilines is 1. The Bertz CT molecular complexity index is 600. The Labute approximate surface area is 122 Å². The normalized spacial score (nSPS) is 12.2. The zero-order chi connectivity index (χ0) is 14.7. The summed E-state index contributed by atoms with van der Waals surface area (Å²) in [6, 6.07) is 4.59. The minimum atomic E-state index is -0.303. The SMILES string of the molecule is CNc1nc(-c2cc(F)ccc2OC)c(C(C)NC)s1. The average molecular weight is 295 g/mol. The van der Waals surface area contributed by atoms with Crippen molar-refractivity contribution < 1.29 is 9.13 Å². The molecule has 0 bridgehead atoms. The lowest BCUT2D eigenvalue weighted by atomic mass is 10.1. The highest BCUT2D eigenvalue weighted by molar-refractivity contribution is 7.16. The summed E-state index contributed by atoms with van der Waals surface area (Å²) in [5, 5.41) is 7.02. The summed E-state index contributed by atoms with van der Waals surface area (Å²) in [5.41, 5.74) is 1.42. The fourth-order valence-electron chi connectivity index (χ4n) is 1.92. The van der Waals surface area contributed by atoms with Crippen molar-refractivity contribution in [3.8, 4) is 17.0 Å². The predicted octanol–water partition coefficient (Wildman–Crippen LogP) is 3.28. The third-order valence-corrected chi connectivity index (χ3v) is 4.37. The number of ether oxygens (including phenoxy) is 1. The largest absolute Gasteiger partial charge is 0.496 e. The van der Waals surface area contributed by atoms with E-state index in [0.29, 0.717) is 11.3 Å². The zero-order valence-corrected chi connectivity index (χ0v) is 12.8. The summed E-state index contributed by atoms with van der Waals surface area (Å²) in [6.45, 7) is 2.04. The first-order valence-corrected chi connectivity index (χ1v) is 7.12. The Kier molecular flexibility index (Phi) is 4.57. The molecule has 1 aromatic heterocycles. The molecule has 1 unspecified atom stereocenters. The molecule has 2 aromatic rings. The molecule has 1 aromatic carbocycles. The van der Waals surface area contributed by atoms with E-state index in [1.54, 1.807) is 24.5 Å². The van der Waals surface area contributed by atoms with Gasteiger partial charge in [-0.3, -0.25) is 0 Å². The smallest absolute Gasteiger partial charge is 0.183 e. The minimum Gasteiger partial charge on any atom is -0.496 e. The molecule has 0 spiro atoms. The van der Waals surface area contributed by atoms with Gasteiger partial charge in [0.15, 0.2) is 5.13 Å². The number of rotatable bonds is 5. The van der Waals surface area contributed by atoms with E-state index in [4.69, 9.17) is 4.74 Å². The minimum absolute atomic E-state index is 0.123. The Morgan fingerprint density at radius 1 is 1.35 bits per heavy atom. The third-order valence-electron chi connectivity index (χ3n) is 3.11. The lowest BCUT2D eigenvalue weighted by Gasteiger charge is -2.12. The number of hydrogen-bond acceptors (Lipinski definition) is 5. The lowest BCUT2D eigenvalue weighted by molar-refractivity contribution is 0.415. The topological polar surface area (TPSA) is 46.2 Å². The van der Waals surface area contributed by atoms with Crippen molar-refractivity contribution in [2.45, 2.75) is 13.0 Å². The first-order valence-electron chi connectivity index (χ1n) is 6.30. The molecular formula is C14H18FN3OS. The number of methoxy groups -OCH3 is 1. The van der Waals surface area contributed by atoms with Gasteiger partial charge < -0.3 is 15.4 Å². The molecule has 1 atom stereocenters. The quantitative estimate of drug-likeness (QED) is 0.888. The van der Waals surface area contributed by atoms with E-state index in [-0.39, 0.29) is 11.9 Å². The second-order valence-electron chi connectivity index (χ2n) is 4.34. The van der Waals surface area contributed by atoms with Gasteiger partial charge in [-0.1, -0.05) is 11.3 Å². The van der Waals surface area contributed by atoms with Crippen LogP contribution in [0.4, 0.5) is 9.52 Å². The van der Waals surface area contributed by atoms with Crippen LogP contribution in [0.2, 0.25) is 0 Å². The first kappa shape index (κ1) is 14.7. The standard InChI is InChI=1S/C14H18FN3OS/c1-8(16-2)13-12(18-14(17-3)20-13)10-7-9(15)5-6-11(10)19-4/h5-8,16H,1-4H3,(H,17,18). The highest BCUT2D eigenvalue weighted by Gasteiger charge is 2.20. The van der Waals surface area contributed by atoms with Gasteiger partial charge in [0.2, 0.25) is 0 Å². The van der Waals surface area contributed by atoms with Gasteiger partial charge in [0, 0.05) is 18.7 Å². The number of halogens is 1. The Morgan fingerprint density at radius 3 is 2.70 bits per heavy atom. The summed E-state index contributed by atoms with van der Waals surface area (Å²) in [4.78, 5) is 5.58. The van der Waals surface area contributed by atoms with Crippen LogP contribution in [0.15, 0.2) is 18.2 Å². The highest BCUT2D eigenvalue weighted by Crippen LogP contribution is 2.39. The number of nitrogens with zero attached hydrogens (tertiary/aromatic N) is 1. The summed E-state index contributed by atoms with van der Waals surface area (Å²) >= 11 is 1.55. The van der Waals surface area contributed by atoms with Gasteiger partial charge >= 0.3 is 0 Å². The van der Waals surface area contributed by atoms with Gasteiger partial charge in [-0.15, -0.1) is 0 Å². The van der Waals surface area contributed by atoms with Gasteiger partial charge in [-0.25, -0.2) is 9.37 Å². The second-order valence-corrected chi connectivity index (χ2v) is 5.37. The van der Waals surface area contributed by atoms with E-state index in [1.165, 1.54) is 12.1 Å². The molecule has 2 rings (SSSR count). The fourth-order valence-corrected chi connectivity index (χ4v) is 2.92. The molecule has 4 nitrogen and oxygen atoms in total. The van der Waals surface area contributed by atoms with Crippen molar-refractivity contribution in [2.24, 2.45) is 0 Å². The molecule has 0 amide bonds. The molecule has 2 N–H and O–H groups in total. The molecule has 0 saturated carbocycles. The summed E-state index contributed by atoms with van der Waals surface area (Å²) in [5.74, 6) is 0.312. The summed E-state index contributed by atoms with van der Waals surface area (Å²) in [6.07, 6.45) is 0. The molecule has 20 heavy (non-hydrogen) atoms. The van der Waals surface area contributed by atoms with Crippen molar-refractivity contribution in [1.82, 2.24) is 10.3 Å². The summed E-state index contributed by atoms with van der Waals surface area (Å²) < 4.78 is 18.9. The molecule has 0 radical (unpaired) electrons. The number of nitrogens with one attached hydrogen (secondary N) is 2. The van der Waals surface area contributed by atoms with E-state index in [1.807, 2.05) is 21.0 Å². The monoisotopic (exact) mass is 295 g/mol. The van der Waals surface area contributed by atoms with Crippen LogP contribution in [0.25, 0.3) is 11.3 Å². The molecule has 6 heteroatoms. The van der Waals surface area contributed by atoms with Crippen LogP contribution in [0.3, 0.4) is 0 Å². The van der Waals surface area contributed by atoms with Crippen LogP contribution in [0, 0.1) is 5.82 Å². The molecule has 0 saturated heterocycles. The summed E-state index contributed by atoms with van der Waals surface area (Å²) in [7, 11) is 5.28. The van der Waals surface area contributed by atoms with E-state index in [2.05, 4.69) is 15.6 Å². The Balaban J connectivity index is 2.61. The van der Waals surface area contributed by atoms with Gasteiger partial charge in [-0.2, -0.15) is 0 Å². The van der Waals surface area contributed by atoms with Gasteiger partial charge in [-0.05, 0) is 32.2 Å². The molecule has 0 aliphatic rings. The van der Waals surface area contributed by atoms with Crippen LogP contribution >= 0.6 is 11.3 Å². The predicted molar refractivity (Wildman–Crippen MR) is 81.1 cm³/mol. The van der Waals surface area contributed by atoms with Crippen molar-refractivity contribution in [1.29, 1.82) is 0 Å². The first-order chi connectivity index (χ1) is 9.60. The fraction of sp³-hybridized carbons (Fsp3) is 0.357. The maximum absolute atomic E-state index is 13.6. The third kappa shape index (κ3) is 2.76. The van der Waals surface area contributed by atoms with E-state index in [9.17, 15) is 4.39 Å². The molecule has 0 fully saturated rings. The van der Waals surface area contributed by atoms with Gasteiger partial charge in [0.25, 0.3) is 0 Å². The molecule has 0 aliphatic carbocycles. The highest BCUT2D eigenvalue weighted by atomic mass is 32.1. The number of benzene rings is 1. The molecule has 1 heterocycles. The molecule has 108 valence electrons. The van der Waals surface area contributed by atoms with Crippen molar-refractivity contribution in [2.75, 3.05) is 26.5 Å². The maximum Gasteiger partial charge on any atom is 0.183 e.